The molecule has 0 radical (unpaired) electrons. The smallest absolute Gasteiger partial charge is 0.321 e. The maximum absolute atomic E-state index is 13.3. The molecular formula is C34H36N8O2. The van der Waals surface area contributed by atoms with E-state index in [1.54, 1.807) is 0 Å². The predicted molar refractivity (Wildman–Crippen MR) is 176 cm³/mol. The second-order valence-corrected chi connectivity index (χ2v) is 9.91. The van der Waals surface area contributed by atoms with Gasteiger partial charge in [-0.3, -0.25) is 10.1 Å². The van der Waals surface area contributed by atoms with Crippen molar-refractivity contribution >= 4 is 35.5 Å². The molecule has 0 fully saturated rings. The highest BCUT2D eigenvalue weighted by molar-refractivity contribution is 6.24. The number of rotatable bonds is 11. The molecule has 0 aromatic heterocycles. The fraction of sp³-hybridized carbons (Fsp3) is 0.118. The van der Waals surface area contributed by atoms with Crippen molar-refractivity contribution in [3.8, 4) is 0 Å². The Morgan fingerprint density at radius 1 is 0.636 bits per heavy atom. The third-order valence-electron chi connectivity index (χ3n) is 6.45. The van der Waals surface area contributed by atoms with E-state index in [2.05, 4.69) is 25.9 Å². The minimum absolute atomic E-state index is 0.0127. The van der Waals surface area contributed by atoms with Gasteiger partial charge in [-0.05, 0) is 39.5 Å². The highest BCUT2D eigenvalue weighted by Gasteiger charge is 2.12. The summed E-state index contributed by atoms with van der Waals surface area (Å²) in [6, 6.07) is 34.0. The molecule has 4 aromatic carbocycles. The van der Waals surface area contributed by atoms with Gasteiger partial charge >= 0.3 is 6.03 Å². The van der Waals surface area contributed by atoms with Crippen LogP contribution in [0.25, 0.3) is 11.6 Å². The number of nitrogens with one attached hydrogen (secondary N) is 3. The summed E-state index contributed by atoms with van der Waals surface area (Å²) in [6.45, 7) is 1.23. The summed E-state index contributed by atoms with van der Waals surface area (Å²) in [5.74, 6) is -0.171. The topological polar surface area (TPSA) is 173 Å². The molecule has 0 unspecified atom stereocenters. The number of amides is 3. The second kappa shape index (κ2) is 15.9. The van der Waals surface area contributed by atoms with Crippen LogP contribution in [0.3, 0.4) is 0 Å². The van der Waals surface area contributed by atoms with Gasteiger partial charge in [0.15, 0.2) is 11.9 Å². The Labute approximate surface area is 256 Å². The van der Waals surface area contributed by atoms with E-state index in [4.69, 9.17) is 17.2 Å². The first kappa shape index (κ1) is 31.0. The van der Waals surface area contributed by atoms with E-state index < -0.39 is 6.03 Å². The van der Waals surface area contributed by atoms with Crippen LogP contribution in [-0.2, 0) is 31.0 Å². The average molecular weight is 589 g/mol. The number of benzene rings is 4. The zero-order chi connectivity index (χ0) is 31.1. The van der Waals surface area contributed by atoms with Gasteiger partial charge in [0.2, 0.25) is 0 Å². The molecule has 0 saturated carbocycles. The van der Waals surface area contributed by atoms with Gasteiger partial charge in [0.1, 0.15) is 0 Å². The number of guanidine groups is 2. The van der Waals surface area contributed by atoms with E-state index in [-0.39, 0.29) is 30.9 Å². The lowest BCUT2D eigenvalue weighted by Crippen LogP contribution is -2.43. The molecule has 4 aromatic rings. The molecule has 0 heterocycles. The highest BCUT2D eigenvalue weighted by atomic mass is 16.2. The van der Waals surface area contributed by atoms with Gasteiger partial charge in [0.05, 0.1) is 13.1 Å². The molecule has 10 nitrogen and oxygen atoms in total. The van der Waals surface area contributed by atoms with Crippen molar-refractivity contribution in [1.29, 1.82) is 0 Å². The van der Waals surface area contributed by atoms with E-state index in [9.17, 15) is 9.59 Å². The number of carbonyl (C=O) groups is 2. The van der Waals surface area contributed by atoms with Gasteiger partial charge in [0.25, 0.3) is 5.91 Å². The quantitative estimate of drug-likeness (QED) is 0.0678. The zero-order valence-electron chi connectivity index (χ0n) is 24.2. The molecule has 0 saturated heterocycles. The monoisotopic (exact) mass is 588 g/mol. The van der Waals surface area contributed by atoms with Crippen molar-refractivity contribution < 1.29 is 9.59 Å². The van der Waals surface area contributed by atoms with E-state index in [1.165, 1.54) is 0 Å². The van der Waals surface area contributed by atoms with Crippen LogP contribution in [0.15, 0.2) is 119 Å². The number of nitrogens with zero attached hydrogens (tertiary/aromatic N) is 2. The third kappa shape index (κ3) is 10.2. The van der Waals surface area contributed by atoms with Gasteiger partial charge in [-0.2, -0.15) is 0 Å². The molecule has 44 heavy (non-hydrogen) atoms. The van der Waals surface area contributed by atoms with Crippen molar-refractivity contribution in [2.45, 2.75) is 26.2 Å². The second-order valence-electron chi connectivity index (χ2n) is 9.91. The number of hydrogen-bond donors (Lipinski definition) is 6. The summed E-state index contributed by atoms with van der Waals surface area (Å²) in [5, 5.41) is 8.32. The number of aliphatic imine (C=N–C) groups is 2. The lowest BCUT2D eigenvalue weighted by molar-refractivity contribution is -0.115. The SMILES string of the molecule is NC(N)=NCc1cccc(CNC(=O)NC(N)=NCc2cccc(CNC(=O)C(=Cc3ccccc3)c3ccccc3)c2)c1. The van der Waals surface area contributed by atoms with Crippen LogP contribution in [0.1, 0.15) is 33.4 Å². The van der Waals surface area contributed by atoms with E-state index in [0.29, 0.717) is 18.7 Å². The number of nitrogens with two attached hydrogens (primary N) is 3. The zero-order valence-corrected chi connectivity index (χ0v) is 24.2. The summed E-state index contributed by atoms with van der Waals surface area (Å²) in [7, 11) is 0. The van der Waals surface area contributed by atoms with Gasteiger partial charge in [-0.1, -0.05) is 109 Å². The molecule has 0 aliphatic heterocycles. The van der Waals surface area contributed by atoms with Crippen LogP contribution >= 0.6 is 0 Å². The number of urea groups is 1. The summed E-state index contributed by atoms with van der Waals surface area (Å²) in [5.41, 5.74) is 22.7. The van der Waals surface area contributed by atoms with E-state index in [1.807, 2.05) is 115 Å². The Morgan fingerprint density at radius 3 is 1.80 bits per heavy atom. The molecule has 224 valence electrons. The van der Waals surface area contributed by atoms with E-state index in [0.717, 1.165) is 33.4 Å². The average Bonchev–Trinajstić information content (AvgIpc) is 3.04. The number of carbonyl (C=O) groups excluding carboxylic acids is 2. The Bertz CT molecular complexity index is 1650. The van der Waals surface area contributed by atoms with Crippen LogP contribution < -0.4 is 33.2 Å². The van der Waals surface area contributed by atoms with Crippen molar-refractivity contribution in [3.05, 3.63) is 143 Å². The van der Waals surface area contributed by atoms with Crippen molar-refractivity contribution in [2.75, 3.05) is 0 Å². The molecule has 4 rings (SSSR count). The maximum Gasteiger partial charge on any atom is 0.321 e. The van der Waals surface area contributed by atoms with Crippen LogP contribution in [0, 0.1) is 0 Å². The first-order valence-electron chi connectivity index (χ1n) is 14.0. The van der Waals surface area contributed by atoms with Crippen LogP contribution in [-0.4, -0.2) is 23.9 Å². The molecule has 0 aliphatic carbocycles. The number of hydrogen-bond acceptors (Lipinski definition) is 4. The summed E-state index contributed by atoms with van der Waals surface area (Å²) < 4.78 is 0. The molecule has 0 spiro atoms. The van der Waals surface area contributed by atoms with Crippen molar-refractivity contribution in [3.63, 3.8) is 0 Å². The molecule has 0 atom stereocenters. The van der Waals surface area contributed by atoms with Crippen molar-refractivity contribution in [1.82, 2.24) is 16.0 Å². The third-order valence-corrected chi connectivity index (χ3v) is 6.45. The van der Waals surface area contributed by atoms with Crippen LogP contribution in [0.4, 0.5) is 4.79 Å². The standard InChI is InChI=1S/C34H36N8O2/c35-32(36)39-21-26-12-8-14-28(18-26)23-41-34(44)42-33(37)40-22-27-13-7-11-25(17-27)20-38-31(43)30(29-15-5-2-6-16-29)19-24-9-3-1-4-10-24/h1-19H,20-23H2,(H,38,43)(H4,35,36,39)(H4,37,40,41,42,44). The fourth-order valence-corrected chi connectivity index (χ4v) is 4.31. The molecular weight excluding hydrogens is 552 g/mol. The first-order valence-corrected chi connectivity index (χ1v) is 14.0. The summed E-state index contributed by atoms with van der Waals surface area (Å²) in [6.07, 6.45) is 1.88. The predicted octanol–water partition coefficient (Wildman–Crippen LogP) is 3.63. The van der Waals surface area contributed by atoms with Crippen LogP contribution in [0.2, 0.25) is 0 Å². The minimum Gasteiger partial charge on any atom is -0.370 e. The molecule has 10 heteroatoms. The van der Waals surface area contributed by atoms with Gasteiger partial charge in [0, 0.05) is 18.7 Å². The highest BCUT2D eigenvalue weighted by Crippen LogP contribution is 2.19. The largest absolute Gasteiger partial charge is 0.370 e. The Morgan fingerprint density at radius 2 is 1.18 bits per heavy atom. The lowest BCUT2D eigenvalue weighted by Gasteiger charge is -2.11. The van der Waals surface area contributed by atoms with Gasteiger partial charge in [-0.25, -0.2) is 14.8 Å². The Hall–Kier alpha value is -5.90. The fourth-order valence-electron chi connectivity index (χ4n) is 4.31. The summed E-state index contributed by atoms with van der Waals surface area (Å²) in [4.78, 5) is 33.9. The van der Waals surface area contributed by atoms with Crippen molar-refractivity contribution in [2.24, 2.45) is 27.2 Å². The van der Waals surface area contributed by atoms with Gasteiger partial charge < -0.3 is 27.8 Å². The molecule has 0 bridgehead atoms. The Balaban J connectivity index is 1.30. The lowest BCUT2D eigenvalue weighted by atomic mass is 10.0. The Kier molecular flexibility index (Phi) is 11.2. The summed E-state index contributed by atoms with van der Waals surface area (Å²) >= 11 is 0. The normalized spacial score (nSPS) is 11.4. The first-order chi connectivity index (χ1) is 21.4. The van der Waals surface area contributed by atoms with Crippen LogP contribution in [0.5, 0.6) is 0 Å². The molecule has 0 aliphatic rings. The van der Waals surface area contributed by atoms with E-state index >= 15 is 0 Å². The van der Waals surface area contributed by atoms with Gasteiger partial charge in [-0.15, -0.1) is 0 Å². The minimum atomic E-state index is -0.477. The maximum atomic E-state index is 13.3. The molecule has 9 N–H and O–H groups in total. The molecule has 3 amide bonds.